The van der Waals surface area contributed by atoms with E-state index in [9.17, 15) is 14.4 Å². The van der Waals surface area contributed by atoms with E-state index in [2.05, 4.69) is 22.6 Å². The predicted molar refractivity (Wildman–Crippen MR) is 115 cm³/mol. The van der Waals surface area contributed by atoms with Crippen molar-refractivity contribution in [3.05, 3.63) is 40.0 Å². The molecular weight excluding hydrogens is 479 g/mol. The van der Waals surface area contributed by atoms with Crippen LogP contribution in [-0.4, -0.2) is 30.3 Å². The molecule has 0 aromatic heterocycles. The minimum atomic E-state index is -1.67. The second-order valence-electron chi connectivity index (χ2n) is 5.72. The summed E-state index contributed by atoms with van der Waals surface area (Å²) in [6.07, 6.45) is 2.48. The zero-order chi connectivity index (χ0) is 20.3. The Labute approximate surface area is 178 Å². The molecule has 1 aromatic rings. The zero-order valence-corrected chi connectivity index (χ0v) is 18.8. The third-order valence-electron chi connectivity index (χ3n) is 3.65. The number of ether oxygens (including phenoxy) is 2. The Morgan fingerprint density at radius 3 is 2.04 bits per heavy atom. The monoisotopic (exact) mass is 504 g/mol. The van der Waals surface area contributed by atoms with Crippen LogP contribution in [0, 0.1) is 5.41 Å². The first-order chi connectivity index (χ1) is 12.9. The summed E-state index contributed by atoms with van der Waals surface area (Å²) >= 11 is 3.09. The van der Waals surface area contributed by atoms with Gasteiger partial charge in [-0.1, -0.05) is 43.0 Å². The molecule has 0 atom stereocenters. The Bertz CT molecular complexity index is 654. The number of carbonyl (C=O) groups is 3. The standard InChI is InChI=1S/C20H25IO5S/c1-4-10-15(21)13-20(18(23)25-5-2,19(24)26-6-3)14-17(22)27-16-11-8-7-9-12-16/h7-12H,4-6,13-14H2,1-3H3/b15-10-. The second kappa shape index (κ2) is 12.2. The summed E-state index contributed by atoms with van der Waals surface area (Å²) in [5, 5.41) is -0.289. The first kappa shape index (κ1) is 23.7. The highest BCUT2D eigenvalue weighted by molar-refractivity contribution is 14.1. The molecule has 0 amide bonds. The molecule has 0 saturated carbocycles. The molecule has 5 nitrogen and oxygen atoms in total. The first-order valence-corrected chi connectivity index (χ1v) is 10.7. The van der Waals surface area contributed by atoms with Crippen LogP contribution in [0.5, 0.6) is 0 Å². The predicted octanol–water partition coefficient (Wildman–Crippen LogP) is 4.93. The third kappa shape index (κ3) is 7.29. The van der Waals surface area contributed by atoms with Gasteiger partial charge in [0.1, 0.15) is 0 Å². The van der Waals surface area contributed by atoms with E-state index in [0.717, 1.165) is 26.7 Å². The van der Waals surface area contributed by atoms with Gasteiger partial charge in [0.15, 0.2) is 10.5 Å². The Morgan fingerprint density at radius 2 is 1.56 bits per heavy atom. The van der Waals surface area contributed by atoms with Crippen LogP contribution in [0.2, 0.25) is 0 Å². The molecule has 0 unspecified atom stereocenters. The lowest BCUT2D eigenvalue weighted by Gasteiger charge is -2.28. The lowest BCUT2D eigenvalue weighted by molar-refractivity contribution is -0.173. The molecule has 0 bridgehead atoms. The van der Waals surface area contributed by atoms with Crippen molar-refractivity contribution in [1.82, 2.24) is 0 Å². The summed E-state index contributed by atoms with van der Waals surface area (Å²) in [7, 11) is 0. The number of hydrogen-bond donors (Lipinski definition) is 0. The Hall–Kier alpha value is -1.35. The van der Waals surface area contributed by atoms with Crippen LogP contribution in [0.15, 0.2) is 44.9 Å². The fraction of sp³-hybridized carbons (Fsp3) is 0.450. The summed E-state index contributed by atoms with van der Waals surface area (Å²) in [5.74, 6) is -1.44. The molecule has 0 saturated heterocycles. The van der Waals surface area contributed by atoms with Crippen molar-refractivity contribution >= 4 is 51.4 Å². The third-order valence-corrected chi connectivity index (χ3v) is 5.35. The zero-order valence-electron chi connectivity index (χ0n) is 15.8. The van der Waals surface area contributed by atoms with Gasteiger partial charge in [-0.2, -0.15) is 0 Å². The summed E-state index contributed by atoms with van der Waals surface area (Å²) in [6.45, 7) is 5.54. The fourth-order valence-electron chi connectivity index (χ4n) is 2.46. The number of thioether (sulfide) groups is 1. The van der Waals surface area contributed by atoms with Gasteiger partial charge in [0.05, 0.1) is 13.2 Å². The van der Waals surface area contributed by atoms with E-state index < -0.39 is 17.4 Å². The van der Waals surface area contributed by atoms with Gasteiger partial charge in [0.25, 0.3) is 0 Å². The number of halogens is 1. The molecule has 148 valence electrons. The van der Waals surface area contributed by atoms with Crippen molar-refractivity contribution < 1.29 is 23.9 Å². The van der Waals surface area contributed by atoms with Gasteiger partial charge in [-0.05, 0) is 58.6 Å². The van der Waals surface area contributed by atoms with Crippen molar-refractivity contribution in [2.45, 2.75) is 44.9 Å². The van der Waals surface area contributed by atoms with Crippen molar-refractivity contribution in [2.75, 3.05) is 13.2 Å². The molecule has 0 aliphatic heterocycles. The number of allylic oxidation sites excluding steroid dienone is 2. The number of hydrogen-bond acceptors (Lipinski definition) is 6. The van der Waals surface area contributed by atoms with Gasteiger partial charge in [0, 0.05) is 17.7 Å². The van der Waals surface area contributed by atoms with E-state index in [1.165, 1.54) is 0 Å². The molecule has 0 aliphatic carbocycles. The Balaban J connectivity index is 3.21. The highest BCUT2D eigenvalue weighted by Crippen LogP contribution is 2.39. The van der Waals surface area contributed by atoms with Crippen LogP contribution >= 0.6 is 34.4 Å². The van der Waals surface area contributed by atoms with Crippen LogP contribution in [0.25, 0.3) is 0 Å². The number of esters is 2. The van der Waals surface area contributed by atoms with Gasteiger partial charge in [-0.15, -0.1) is 0 Å². The van der Waals surface area contributed by atoms with Crippen LogP contribution in [0.4, 0.5) is 0 Å². The highest BCUT2D eigenvalue weighted by atomic mass is 127. The lowest BCUT2D eigenvalue weighted by atomic mass is 9.81. The van der Waals surface area contributed by atoms with Crippen molar-refractivity contribution in [3.63, 3.8) is 0 Å². The average molecular weight is 504 g/mol. The summed E-state index contributed by atoms with van der Waals surface area (Å²) < 4.78 is 11.2. The van der Waals surface area contributed by atoms with E-state index in [1.54, 1.807) is 26.0 Å². The molecule has 0 radical (unpaired) electrons. The molecular formula is C20H25IO5S. The van der Waals surface area contributed by atoms with Gasteiger partial charge >= 0.3 is 11.9 Å². The van der Waals surface area contributed by atoms with Gasteiger partial charge in [0.2, 0.25) is 0 Å². The average Bonchev–Trinajstić information content (AvgIpc) is 2.62. The molecule has 7 heteroatoms. The number of carbonyl (C=O) groups excluding carboxylic acids is 3. The summed E-state index contributed by atoms with van der Waals surface area (Å²) in [4.78, 5) is 39.1. The highest BCUT2D eigenvalue weighted by Gasteiger charge is 2.50. The minimum absolute atomic E-state index is 0.0835. The normalized spacial score (nSPS) is 11.8. The van der Waals surface area contributed by atoms with E-state index in [4.69, 9.17) is 9.47 Å². The van der Waals surface area contributed by atoms with Crippen molar-refractivity contribution in [2.24, 2.45) is 5.41 Å². The quantitative estimate of drug-likeness (QED) is 0.195. The number of benzene rings is 1. The van der Waals surface area contributed by atoms with Gasteiger partial charge < -0.3 is 9.47 Å². The van der Waals surface area contributed by atoms with Crippen LogP contribution in [0.1, 0.15) is 40.0 Å². The maximum atomic E-state index is 12.8. The molecule has 27 heavy (non-hydrogen) atoms. The molecule has 0 fully saturated rings. The largest absolute Gasteiger partial charge is 0.465 e. The smallest absolute Gasteiger partial charge is 0.324 e. The Kier molecular flexibility index (Phi) is 10.7. The van der Waals surface area contributed by atoms with Crippen LogP contribution in [-0.2, 0) is 23.9 Å². The molecule has 0 aliphatic rings. The van der Waals surface area contributed by atoms with Gasteiger partial charge in [-0.25, -0.2) is 0 Å². The number of rotatable bonds is 10. The lowest BCUT2D eigenvalue weighted by Crippen LogP contribution is -2.43. The van der Waals surface area contributed by atoms with Crippen molar-refractivity contribution in [3.8, 4) is 0 Å². The minimum Gasteiger partial charge on any atom is -0.465 e. The summed E-state index contributed by atoms with van der Waals surface area (Å²) in [5.41, 5.74) is -1.67. The van der Waals surface area contributed by atoms with Crippen LogP contribution < -0.4 is 0 Å². The van der Waals surface area contributed by atoms with Crippen LogP contribution in [0.3, 0.4) is 0 Å². The molecule has 1 aromatic carbocycles. The first-order valence-electron chi connectivity index (χ1n) is 8.84. The summed E-state index contributed by atoms with van der Waals surface area (Å²) in [6, 6.07) is 9.12. The topological polar surface area (TPSA) is 69.7 Å². The molecule has 1 rings (SSSR count). The Morgan fingerprint density at radius 1 is 1.00 bits per heavy atom. The van der Waals surface area contributed by atoms with E-state index in [-0.39, 0.29) is 31.2 Å². The van der Waals surface area contributed by atoms with E-state index in [1.807, 2.05) is 31.2 Å². The fourth-order valence-corrected chi connectivity index (χ4v) is 4.42. The molecule has 0 N–H and O–H groups in total. The second-order valence-corrected chi connectivity index (χ2v) is 8.24. The van der Waals surface area contributed by atoms with Gasteiger partial charge in [-0.3, -0.25) is 14.4 Å². The maximum absolute atomic E-state index is 12.8. The SMILES string of the molecule is CC/C=C(\I)CC(CC(=O)Sc1ccccc1)(C(=O)OCC)C(=O)OCC. The molecule has 0 spiro atoms. The maximum Gasteiger partial charge on any atom is 0.324 e. The van der Waals surface area contributed by atoms with E-state index >= 15 is 0 Å². The van der Waals surface area contributed by atoms with Crippen molar-refractivity contribution in [1.29, 1.82) is 0 Å². The van der Waals surface area contributed by atoms with E-state index in [0.29, 0.717) is 0 Å². The molecule has 0 heterocycles.